The maximum atomic E-state index is 5.99. The van der Waals surface area contributed by atoms with Crippen molar-refractivity contribution in [1.29, 1.82) is 0 Å². The Kier molecular flexibility index (Phi) is 4.33. The number of nitrogens with one attached hydrogen (secondary N) is 1. The minimum Gasteiger partial charge on any atom is -0.374 e. The van der Waals surface area contributed by atoms with Crippen LogP contribution in [-0.2, 0) is 11.3 Å². The number of benzene rings is 1. The van der Waals surface area contributed by atoms with Gasteiger partial charge in [0.25, 0.3) is 0 Å². The smallest absolute Gasteiger partial charge is 0.0829 e. The molecule has 1 N–H and O–H groups in total. The number of aromatic amines is 1. The van der Waals surface area contributed by atoms with E-state index in [4.69, 9.17) is 4.74 Å². The number of likely N-dealkylation sites (N-methyl/N-ethyl adjacent to an activating group) is 1. The molecule has 1 saturated heterocycles. The minimum atomic E-state index is 0.327. The molecule has 2 aliphatic rings. The van der Waals surface area contributed by atoms with Crippen LogP contribution in [-0.4, -0.2) is 65.9 Å². The van der Waals surface area contributed by atoms with Gasteiger partial charge in [-0.1, -0.05) is 18.2 Å². The second-order valence-corrected chi connectivity index (χ2v) is 7.14. The Morgan fingerprint density at radius 2 is 2.26 bits per heavy atom. The summed E-state index contributed by atoms with van der Waals surface area (Å²) in [4.78, 5) is 4.95. The third kappa shape index (κ3) is 3.74. The highest BCUT2D eigenvalue weighted by molar-refractivity contribution is 5.81. The SMILES string of the molecule is CN(CC1CC1)C[C@H]1CN(Cc2cccc3cn[nH]c23)CCO1. The van der Waals surface area contributed by atoms with E-state index in [-0.39, 0.29) is 0 Å². The molecule has 0 bridgehead atoms. The first-order valence-corrected chi connectivity index (χ1v) is 8.71. The number of hydrogen-bond donors (Lipinski definition) is 1. The molecule has 4 rings (SSSR count). The number of rotatable bonds is 6. The molecule has 1 aliphatic heterocycles. The summed E-state index contributed by atoms with van der Waals surface area (Å²) < 4.78 is 5.99. The molecule has 1 atom stereocenters. The van der Waals surface area contributed by atoms with Gasteiger partial charge >= 0.3 is 0 Å². The van der Waals surface area contributed by atoms with E-state index < -0.39 is 0 Å². The Hall–Kier alpha value is -1.43. The summed E-state index contributed by atoms with van der Waals surface area (Å²) in [6.45, 7) is 6.09. The van der Waals surface area contributed by atoms with Crippen molar-refractivity contribution >= 4 is 10.9 Å². The summed E-state index contributed by atoms with van der Waals surface area (Å²) in [6.07, 6.45) is 5.05. The number of nitrogens with zero attached hydrogens (tertiary/aromatic N) is 3. The van der Waals surface area contributed by atoms with Crippen LogP contribution in [0, 0.1) is 5.92 Å². The molecule has 1 saturated carbocycles. The van der Waals surface area contributed by atoms with Crippen molar-refractivity contribution in [3.63, 3.8) is 0 Å². The number of morpholine rings is 1. The van der Waals surface area contributed by atoms with E-state index >= 15 is 0 Å². The summed E-state index contributed by atoms with van der Waals surface area (Å²) in [5.74, 6) is 0.942. The Morgan fingerprint density at radius 3 is 3.13 bits per heavy atom. The standard InChI is InChI=1S/C18H26N4O/c1-21(10-14-5-6-14)12-17-13-22(7-8-23-17)11-16-4-2-3-15-9-19-20-18(15)16/h2-4,9,14,17H,5-8,10-13H2,1H3,(H,19,20)/t17-/m0/s1. The van der Waals surface area contributed by atoms with Crippen LogP contribution in [0.4, 0.5) is 0 Å². The van der Waals surface area contributed by atoms with Crippen LogP contribution in [0.3, 0.4) is 0 Å². The highest BCUT2D eigenvalue weighted by Gasteiger charge is 2.26. The van der Waals surface area contributed by atoms with Gasteiger partial charge in [0.05, 0.1) is 24.4 Å². The average molecular weight is 314 g/mol. The fourth-order valence-corrected chi connectivity index (χ4v) is 3.60. The third-order valence-electron chi connectivity index (χ3n) is 4.96. The van der Waals surface area contributed by atoms with Gasteiger partial charge in [-0.15, -0.1) is 0 Å². The highest BCUT2D eigenvalue weighted by atomic mass is 16.5. The van der Waals surface area contributed by atoms with E-state index in [1.165, 1.54) is 35.9 Å². The third-order valence-corrected chi connectivity index (χ3v) is 4.96. The van der Waals surface area contributed by atoms with Crippen molar-refractivity contribution in [2.24, 2.45) is 5.92 Å². The van der Waals surface area contributed by atoms with E-state index in [9.17, 15) is 0 Å². The topological polar surface area (TPSA) is 44.4 Å². The predicted octanol–water partition coefficient (Wildman–Crippen LogP) is 2.11. The molecule has 1 aromatic heterocycles. The second-order valence-electron chi connectivity index (χ2n) is 7.14. The molecular weight excluding hydrogens is 288 g/mol. The van der Waals surface area contributed by atoms with Crippen LogP contribution >= 0.6 is 0 Å². The van der Waals surface area contributed by atoms with Gasteiger partial charge in [-0.05, 0) is 31.4 Å². The fourth-order valence-electron chi connectivity index (χ4n) is 3.60. The van der Waals surface area contributed by atoms with Crippen molar-refractivity contribution < 1.29 is 4.74 Å². The van der Waals surface area contributed by atoms with Crippen molar-refractivity contribution in [3.05, 3.63) is 30.0 Å². The van der Waals surface area contributed by atoms with Gasteiger partial charge in [0.2, 0.25) is 0 Å². The van der Waals surface area contributed by atoms with Crippen LogP contribution in [0.15, 0.2) is 24.4 Å². The lowest BCUT2D eigenvalue weighted by Gasteiger charge is -2.35. The van der Waals surface area contributed by atoms with Gasteiger partial charge in [-0.25, -0.2) is 0 Å². The van der Waals surface area contributed by atoms with Gasteiger partial charge in [0, 0.05) is 38.1 Å². The maximum Gasteiger partial charge on any atom is 0.0829 e. The summed E-state index contributed by atoms with van der Waals surface area (Å²) in [7, 11) is 2.23. The summed E-state index contributed by atoms with van der Waals surface area (Å²) in [5, 5.41) is 8.49. The summed E-state index contributed by atoms with van der Waals surface area (Å²) in [5.41, 5.74) is 2.49. The number of fused-ring (bicyclic) bond motifs is 1. The zero-order valence-corrected chi connectivity index (χ0v) is 13.9. The molecule has 5 nitrogen and oxygen atoms in total. The molecule has 2 aromatic rings. The number of H-pyrrole nitrogens is 1. The first kappa shape index (κ1) is 15.1. The van der Waals surface area contributed by atoms with E-state index in [2.05, 4.69) is 45.2 Å². The van der Waals surface area contributed by atoms with Crippen LogP contribution in [0.25, 0.3) is 10.9 Å². The Morgan fingerprint density at radius 1 is 1.35 bits per heavy atom. The molecule has 1 aliphatic carbocycles. The lowest BCUT2D eigenvalue weighted by Crippen LogP contribution is -2.46. The first-order chi connectivity index (χ1) is 11.3. The molecule has 124 valence electrons. The molecule has 2 heterocycles. The minimum absolute atomic E-state index is 0.327. The van der Waals surface area contributed by atoms with Crippen LogP contribution < -0.4 is 0 Å². The highest BCUT2D eigenvalue weighted by Crippen LogP contribution is 2.29. The first-order valence-electron chi connectivity index (χ1n) is 8.71. The monoisotopic (exact) mass is 314 g/mol. The van der Waals surface area contributed by atoms with E-state index in [0.717, 1.165) is 38.7 Å². The molecule has 23 heavy (non-hydrogen) atoms. The lowest BCUT2D eigenvalue weighted by molar-refractivity contribution is -0.0433. The van der Waals surface area contributed by atoms with E-state index in [0.29, 0.717) is 6.10 Å². The van der Waals surface area contributed by atoms with Crippen molar-refractivity contribution in [3.8, 4) is 0 Å². The Labute approximate surface area is 137 Å². The van der Waals surface area contributed by atoms with Gasteiger partial charge in [-0.3, -0.25) is 10.00 Å². The molecule has 1 aromatic carbocycles. The molecular formula is C18H26N4O. The summed E-state index contributed by atoms with van der Waals surface area (Å²) in [6, 6.07) is 6.43. The van der Waals surface area contributed by atoms with Crippen LogP contribution in [0.2, 0.25) is 0 Å². The largest absolute Gasteiger partial charge is 0.374 e. The van der Waals surface area contributed by atoms with Crippen molar-refractivity contribution in [2.45, 2.75) is 25.5 Å². The quantitative estimate of drug-likeness (QED) is 0.887. The van der Waals surface area contributed by atoms with Gasteiger partial charge in [-0.2, -0.15) is 5.10 Å². The van der Waals surface area contributed by atoms with E-state index in [1.54, 1.807) is 0 Å². The molecule has 0 radical (unpaired) electrons. The molecule has 0 spiro atoms. The molecule has 0 amide bonds. The van der Waals surface area contributed by atoms with Crippen LogP contribution in [0.5, 0.6) is 0 Å². The average Bonchev–Trinajstić information content (AvgIpc) is 3.21. The van der Waals surface area contributed by atoms with E-state index in [1.807, 2.05) is 6.20 Å². The Balaban J connectivity index is 1.36. The van der Waals surface area contributed by atoms with Gasteiger partial charge < -0.3 is 9.64 Å². The van der Waals surface area contributed by atoms with Gasteiger partial charge in [0.1, 0.15) is 0 Å². The number of para-hydroxylation sites is 1. The predicted molar refractivity (Wildman–Crippen MR) is 91.3 cm³/mol. The number of aromatic nitrogens is 2. The zero-order valence-electron chi connectivity index (χ0n) is 13.9. The van der Waals surface area contributed by atoms with Crippen molar-refractivity contribution in [1.82, 2.24) is 20.0 Å². The maximum absolute atomic E-state index is 5.99. The van der Waals surface area contributed by atoms with Crippen molar-refractivity contribution in [2.75, 3.05) is 39.8 Å². The summed E-state index contributed by atoms with van der Waals surface area (Å²) >= 11 is 0. The molecule has 2 fully saturated rings. The zero-order chi connectivity index (χ0) is 15.6. The van der Waals surface area contributed by atoms with Gasteiger partial charge in [0.15, 0.2) is 0 Å². The number of hydrogen-bond acceptors (Lipinski definition) is 4. The second kappa shape index (κ2) is 6.59. The lowest BCUT2D eigenvalue weighted by atomic mass is 10.1. The normalized spacial score (nSPS) is 23.0. The molecule has 0 unspecified atom stereocenters. The van der Waals surface area contributed by atoms with Crippen LogP contribution in [0.1, 0.15) is 18.4 Å². The Bertz CT molecular complexity index is 651. The molecule has 5 heteroatoms. The fraction of sp³-hybridized carbons (Fsp3) is 0.611. The number of ether oxygens (including phenoxy) is 1.